The highest BCUT2D eigenvalue weighted by atomic mass is 15.1. The number of nitrogens with one attached hydrogen (secondary N) is 1. The molecule has 5 rings (SSSR count). The molecule has 0 aromatic heterocycles. The van der Waals surface area contributed by atoms with Crippen molar-refractivity contribution in [2.45, 2.75) is 0 Å². The Morgan fingerprint density at radius 2 is 1.30 bits per heavy atom. The highest BCUT2D eigenvalue weighted by molar-refractivity contribution is 5.85. The van der Waals surface area contributed by atoms with E-state index in [9.17, 15) is 0 Å². The normalized spacial score (nSPS) is 15.9. The Morgan fingerprint density at radius 1 is 0.667 bits per heavy atom. The molecule has 1 aliphatic rings. The molecule has 0 unspecified atom stereocenters. The number of para-hydroxylation sites is 2. The SMILES string of the molecule is C=C1/C=C(Nc2ccc(-c3ccccc3)cc2)\C=C/CN(c2ccccc2)c2ccccc21. The maximum Gasteiger partial charge on any atom is 0.0493 e. The minimum Gasteiger partial charge on any atom is -0.356 e. The number of rotatable bonds is 4. The molecule has 0 radical (unpaired) electrons. The average molecular weight is 427 g/mol. The van der Waals surface area contributed by atoms with Crippen LogP contribution in [0.4, 0.5) is 17.1 Å². The summed E-state index contributed by atoms with van der Waals surface area (Å²) in [5, 5.41) is 3.57. The maximum absolute atomic E-state index is 4.40. The summed E-state index contributed by atoms with van der Waals surface area (Å²) < 4.78 is 0. The van der Waals surface area contributed by atoms with E-state index in [-0.39, 0.29) is 0 Å². The summed E-state index contributed by atoms with van der Waals surface area (Å²) in [7, 11) is 0. The highest BCUT2D eigenvalue weighted by Gasteiger charge is 2.15. The zero-order chi connectivity index (χ0) is 22.5. The van der Waals surface area contributed by atoms with Gasteiger partial charge >= 0.3 is 0 Å². The molecule has 0 amide bonds. The van der Waals surface area contributed by atoms with Gasteiger partial charge in [0.25, 0.3) is 0 Å². The first-order chi connectivity index (χ1) is 16.3. The predicted octanol–water partition coefficient (Wildman–Crippen LogP) is 8.07. The summed E-state index contributed by atoms with van der Waals surface area (Å²) in [5.74, 6) is 0. The Bertz CT molecular complexity index is 1300. The Morgan fingerprint density at radius 3 is 2.06 bits per heavy atom. The lowest BCUT2D eigenvalue weighted by atomic mass is 10.0. The lowest BCUT2D eigenvalue weighted by Crippen LogP contribution is -2.18. The largest absolute Gasteiger partial charge is 0.356 e. The first kappa shape index (κ1) is 20.6. The zero-order valence-electron chi connectivity index (χ0n) is 18.5. The molecule has 0 aliphatic carbocycles. The van der Waals surface area contributed by atoms with E-state index in [1.165, 1.54) is 11.1 Å². The van der Waals surface area contributed by atoms with Gasteiger partial charge in [-0.25, -0.2) is 0 Å². The van der Waals surface area contributed by atoms with Crippen molar-refractivity contribution in [1.82, 2.24) is 0 Å². The van der Waals surface area contributed by atoms with Crippen LogP contribution in [0.3, 0.4) is 0 Å². The quantitative estimate of drug-likeness (QED) is 0.355. The van der Waals surface area contributed by atoms with Gasteiger partial charge in [-0.3, -0.25) is 0 Å². The fourth-order valence-electron chi connectivity index (χ4n) is 4.15. The third-order valence-electron chi connectivity index (χ3n) is 5.80. The van der Waals surface area contributed by atoms with E-state index < -0.39 is 0 Å². The van der Waals surface area contributed by atoms with Crippen LogP contribution >= 0.6 is 0 Å². The molecular formula is C31H26N2. The standard InChI is InChI=1S/C31H26N2/c1-24-23-28(32-27-20-18-26(19-21-27)25-11-4-2-5-12-25)13-10-22-33(29-14-6-3-7-15-29)31-17-9-8-16-30(24)31/h2-21,23,32H,1,22H2/b13-10-,28-23+. The van der Waals surface area contributed by atoms with Crippen molar-refractivity contribution in [1.29, 1.82) is 0 Å². The number of hydrogen-bond acceptors (Lipinski definition) is 2. The fraction of sp³-hybridized carbons (Fsp3) is 0.0323. The van der Waals surface area contributed by atoms with E-state index in [4.69, 9.17) is 0 Å². The smallest absolute Gasteiger partial charge is 0.0493 e. The highest BCUT2D eigenvalue weighted by Crippen LogP contribution is 2.34. The molecule has 0 saturated carbocycles. The summed E-state index contributed by atoms with van der Waals surface area (Å²) in [6.45, 7) is 5.16. The fourth-order valence-corrected chi connectivity index (χ4v) is 4.15. The van der Waals surface area contributed by atoms with Crippen LogP contribution in [0.1, 0.15) is 5.56 Å². The lowest BCUT2D eigenvalue weighted by Gasteiger charge is -2.26. The van der Waals surface area contributed by atoms with Crippen LogP contribution in [-0.2, 0) is 0 Å². The second-order valence-corrected chi connectivity index (χ2v) is 8.06. The third kappa shape index (κ3) is 4.65. The third-order valence-corrected chi connectivity index (χ3v) is 5.80. The molecule has 0 fully saturated rings. The van der Waals surface area contributed by atoms with Gasteiger partial charge in [0.15, 0.2) is 0 Å². The van der Waals surface area contributed by atoms with Crippen molar-refractivity contribution in [3.63, 3.8) is 0 Å². The molecule has 1 aliphatic heterocycles. The van der Waals surface area contributed by atoms with Crippen LogP contribution in [0.25, 0.3) is 16.7 Å². The second-order valence-electron chi connectivity index (χ2n) is 8.06. The van der Waals surface area contributed by atoms with Gasteiger partial charge in [-0.1, -0.05) is 91.5 Å². The van der Waals surface area contributed by atoms with Gasteiger partial charge in [-0.15, -0.1) is 0 Å². The van der Waals surface area contributed by atoms with E-state index in [1.54, 1.807) is 0 Å². The van der Waals surface area contributed by atoms with E-state index in [0.717, 1.165) is 40.4 Å². The molecule has 0 bridgehead atoms. The number of benzene rings is 4. The Labute approximate surface area is 195 Å². The van der Waals surface area contributed by atoms with E-state index in [2.05, 4.69) is 132 Å². The zero-order valence-corrected chi connectivity index (χ0v) is 18.5. The number of fused-ring (bicyclic) bond motifs is 1. The summed E-state index contributed by atoms with van der Waals surface area (Å²) in [6, 6.07) is 37.9. The predicted molar refractivity (Wildman–Crippen MR) is 142 cm³/mol. The van der Waals surface area contributed by atoms with Gasteiger partial charge in [0.05, 0.1) is 0 Å². The number of anilines is 3. The molecule has 0 atom stereocenters. The first-order valence-electron chi connectivity index (χ1n) is 11.2. The molecule has 1 heterocycles. The Balaban J connectivity index is 1.44. The minimum atomic E-state index is 0.764. The summed E-state index contributed by atoms with van der Waals surface area (Å²) >= 11 is 0. The molecule has 0 spiro atoms. The van der Waals surface area contributed by atoms with Gasteiger partial charge in [0, 0.05) is 34.9 Å². The van der Waals surface area contributed by atoms with Crippen LogP contribution in [0.2, 0.25) is 0 Å². The van der Waals surface area contributed by atoms with Crippen LogP contribution < -0.4 is 10.2 Å². The number of hydrogen-bond donors (Lipinski definition) is 1. The summed E-state index contributed by atoms with van der Waals surface area (Å²) in [5.41, 5.74) is 8.90. The van der Waals surface area contributed by atoms with E-state index in [1.807, 2.05) is 12.1 Å². The van der Waals surface area contributed by atoms with Crippen molar-refractivity contribution in [3.05, 3.63) is 145 Å². The molecule has 4 aromatic carbocycles. The molecule has 1 N–H and O–H groups in total. The van der Waals surface area contributed by atoms with Crippen LogP contribution in [0.5, 0.6) is 0 Å². The topological polar surface area (TPSA) is 15.3 Å². The van der Waals surface area contributed by atoms with Gasteiger partial charge in [0.2, 0.25) is 0 Å². The number of allylic oxidation sites excluding steroid dienone is 3. The summed E-state index contributed by atoms with van der Waals surface area (Å²) in [6.07, 6.45) is 6.45. The van der Waals surface area contributed by atoms with Crippen LogP contribution in [-0.4, -0.2) is 6.54 Å². The molecular weight excluding hydrogens is 400 g/mol. The molecule has 2 nitrogen and oxygen atoms in total. The van der Waals surface area contributed by atoms with Crippen molar-refractivity contribution in [2.24, 2.45) is 0 Å². The van der Waals surface area contributed by atoms with Crippen LogP contribution in [0.15, 0.2) is 140 Å². The molecule has 2 heteroatoms. The van der Waals surface area contributed by atoms with Gasteiger partial charge < -0.3 is 10.2 Å². The molecule has 0 saturated heterocycles. The Kier molecular flexibility index (Phi) is 5.90. The number of nitrogens with zero attached hydrogens (tertiary/aromatic N) is 1. The average Bonchev–Trinajstić information content (AvgIpc) is 2.94. The van der Waals surface area contributed by atoms with E-state index >= 15 is 0 Å². The molecule has 160 valence electrons. The monoisotopic (exact) mass is 426 g/mol. The second kappa shape index (κ2) is 9.46. The minimum absolute atomic E-state index is 0.764. The molecule has 33 heavy (non-hydrogen) atoms. The molecule has 4 aromatic rings. The van der Waals surface area contributed by atoms with Gasteiger partial charge in [-0.2, -0.15) is 0 Å². The van der Waals surface area contributed by atoms with Crippen molar-refractivity contribution in [3.8, 4) is 11.1 Å². The van der Waals surface area contributed by atoms with Gasteiger partial charge in [-0.05, 0) is 59.2 Å². The van der Waals surface area contributed by atoms with Crippen molar-refractivity contribution in [2.75, 3.05) is 16.8 Å². The van der Waals surface area contributed by atoms with E-state index in [0.29, 0.717) is 0 Å². The maximum atomic E-state index is 4.40. The first-order valence-corrected chi connectivity index (χ1v) is 11.2. The summed E-state index contributed by atoms with van der Waals surface area (Å²) in [4.78, 5) is 2.32. The van der Waals surface area contributed by atoms with Crippen molar-refractivity contribution < 1.29 is 0 Å². The van der Waals surface area contributed by atoms with Gasteiger partial charge in [0.1, 0.15) is 0 Å². The van der Waals surface area contributed by atoms with Crippen LogP contribution in [0, 0.1) is 0 Å². The van der Waals surface area contributed by atoms with Crippen molar-refractivity contribution >= 4 is 22.6 Å². The lowest BCUT2D eigenvalue weighted by molar-refractivity contribution is 1.09. The Hall–Kier alpha value is -4.30.